The number of fused-ring (bicyclic) bond motifs is 1. The normalized spacial score (nSPS) is 11.1. The second kappa shape index (κ2) is 7.00. The Labute approximate surface area is 153 Å². The van der Waals surface area contributed by atoms with Crippen molar-refractivity contribution in [3.63, 3.8) is 0 Å². The first-order chi connectivity index (χ1) is 13.2. The van der Waals surface area contributed by atoms with E-state index >= 15 is 0 Å². The molecule has 0 aliphatic carbocycles. The molecule has 4 aromatic rings. The molecule has 0 fully saturated rings. The molecular formula is C19H16N4O4. The van der Waals surface area contributed by atoms with Gasteiger partial charge in [-0.1, -0.05) is 35.5 Å². The van der Waals surface area contributed by atoms with E-state index in [1.807, 2.05) is 30.3 Å². The van der Waals surface area contributed by atoms with Crippen LogP contribution in [0.25, 0.3) is 33.7 Å². The minimum absolute atomic E-state index is 0.187. The quantitative estimate of drug-likeness (QED) is 0.581. The van der Waals surface area contributed by atoms with Gasteiger partial charge in [0.25, 0.3) is 11.4 Å². The number of aromatic nitrogens is 4. The number of ether oxygens (including phenoxy) is 1. The number of methoxy groups -OCH3 is 1. The highest BCUT2D eigenvalue weighted by molar-refractivity contribution is 5.82. The molecule has 8 nitrogen and oxygen atoms in total. The van der Waals surface area contributed by atoms with Crippen molar-refractivity contribution < 1.29 is 9.26 Å². The SMILES string of the molecule is COCCn1c(=O)[nH]c2cc(-c3nc(-c4ccccc4)no3)ccc2c1=O. The number of nitrogens with one attached hydrogen (secondary N) is 1. The van der Waals surface area contributed by atoms with Crippen LogP contribution < -0.4 is 11.2 Å². The van der Waals surface area contributed by atoms with E-state index in [1.165, 1.54) is 7.11 Å². The van der Waals surface area contributed by atoms with Gasteiger partial charge in [0, 0.05) is 18.2 Å². The lowest BCUT2D eigenvalue weighted by Gasteiger charge is -2.06. The van der Waals surface area contributed by atoms with Gasteiger partial charge in [-0.15, -0.1) is 0 Å². The number of aromatic amines is 1. The number of benzene rings is 2. The van der Waals surface area contributed by atoms with Crippen molar-refractivity contribution in [3.8, 4) is 22.8 Å². The molecule has 0 amide bonds. The average Bonchev–Trinajstić information content (AvgIpc) is 3.18. The molecule has 0 saturated carbocycles. The first kappa shape index (κ1) is 16.9. The lowest BCUT2D eigenvalue weighted by molar-refractivity contribution is 0.185. The van der Waals surface area contributed by atoms with Gasteiger partial charge in [-0.25, -0.2) is 4.79 Å². The first-order valence-electron chi connectivity index (χ1n) is 8.32. The van der Waals surface area contributed by atoms with Gasteiger partial charge in [0.1, 0.15) is 0 Å². The predicted octanol–water partition coefficient (Wildman–Crippen LogP) is 2.05. The van der Waals surface area contributed by atoms with Gasteiger partial charge in [-0.2, -0.15) is 4.98 Å². The Morgan fingerprint density at radius 2 is 1.93 bits per heavy atom. The van der Waals surface area contributed by atoms with Crippen LogP contribution in [0.1, 0.15) is 0 Å². The summed E-state index contributed by atoms with van der Waals surface area (Å²) in [7, 11) is 1.51. The zero-order valence-electron chi connectivity index (χ0n) is 14.5. The number of hydrogen-bond donors (Lipinski definition) is 1. The van der Waals surface area contributed by atoms with Crippen molar-refractivity contribution in [2.24, 2.45) is 0 Å². The number of H-pyrrole nitrogens is 1. The molecule has 0 radical (unpaired) electrons. The summed E-state index contributed by atoms with van der Waals surface area (Å²) in [5.41, 5.74) is 1.00. The fourth-order valence-electron chi connectivity index (χ4n) is 2.82. The van der Waals surface area contributed by atoms with Gasteiger partial charge in [0.05, 0.1) is 24.1 Å². The summed E-state index contributed by atoms with van der Waals surface area (Å²) in [6.45, 7) is 0.462. The summed E-state index contributed by atoms with van der Waals surface area (Å²) in [4.78, 5) is 31.8. The van der Waals surface area contributed by atoms with Crippen LogP contribution in [0.4, 0.5) is 0 Å². The van der Waals surface area contributed by atoms with E-state index in [4.69, 9.17) is 9.26 Å². The van der Waals surface area contributed by atoms with Crippen molar-refractivity contribution in [1.29, 1.82) is 0 Å². The van der Waals surface area contributed by atoms with Gasteiger partial charge in [-0.3, -0.25) is 9.36 Å². The molecule has 2 heterocycles. The van der Waals surface area contributed by atoms with Crippen LogP contribution in [0.2, 0.25) is 0 Å². The van der Waals surface area contributed by atoms with E-state index in [0.29, 0.717) is 28.2 Å². The van der Waals surface area contributed by atoms with E-state index in [1.54, 1.807) is 18.2 Å². The Morgan fingerprint density at radius 3 is 2.70 bits per heavy atom. The third-order valence-corrected chi connectivity index (χ3v) is 4.21. The Kier molecular flexibility index (Phi) is 4.39. The highest BCUT2D eigenvalue weighted by Crippen LogP contribution is 2.23. The smallest absolute Gasteiger partial charge is 0.328 e. The van der Waals surface area contributed by atoms with Crippen molar-refractivity contribution in [3.05, 3.63) is 69.4 Å². The van der Waals surface area contributed by atoms with E-state index in [-0.39, 0.29) is 18.7 Å². The number of hydrogen-bond acceptors (Lipinski definition) is 6. The first-order valence-corrected chi connectivity index (χ1v) is 8.32. The third-order valence-electron chi connectivity index (χ3n) is 4.21. The van der Waals surface area contributed by atoms with Crippen LogP contribution in [0.3, 0.4) is 0 Å². The van der Waals surface area contributed by atoms with E-state index < -0.39 is 5.69 Å². The third kappa shape index (κ3) is 3.18. The van der Waals surface area contributed by atoms with Crippen LogP contribution in [0.5, 0.6) is 0 Å². The van der Waals surface area contributed by atoms with E-state index in [9.17, 15) is 9.59 Å². The molecule has 0 saturated heterocycles. The summed E-state index contributed by atoms with van der Waals surface area (Å²) in [5.74, 6) is 0.773. The molecule has 0 atom stereocenters. The van der Waals surface area contributed by atoms with Crippen molar-refractivity contribution in [2.75, 3.05) is 13.7 Å². The van der Waals surface area contributed by atoms with Gasteiger partial charge in [0.15, 0.2) is 0 Å². The largest absolute Gasteiger partial charge is 0.383 e. The summed E-state index contributed by atoms with van der Waals surface area (Å²) in [6, 6.07) is 14.5. The molecule has 2 aromatic carbocycles. The molecule has 136 valence electrons. The fraction of sp³-hybridized carbons (Fsp3) is 0.158. The molecule has 0 spiro atoms. The molecule has 0 aliphatic rings. The molecule has 2 aromatic heterocycles. The monoisotopic (exact) mass is 364 g/mol. The Balaban J connectivity index is 1.75. The van der Waals surface area contributed by atoms with Crippen LogP contribution >= 0.6 is 0 Å². The van der Waals surface area contributed by atoms with Gasteiger partial charge < -0.3 is 14.2 Å². The van der Waals surface area contributed by atoms with E-state index in [2.05, 4.69) is 15.1 Å². The molecule has 0 aliphatic heterocycles. The molecule has 27 heavy (non-hydrogen) atoms. The zero-order valence-corrected chi connectivity index (χ0v) is 14.5. The van der Waals surface area contributed by atoms with Gasteiger partial charge in [-0.05, 0) is 18.2 Å². The topological polar surface area (TPSA) is 103 Å². The maximum absolute atomic E-state index is 12.5. The maximum Gasteiger partial charge on any atom is 0.328 e. The number of nitrogens with zero attached hydrogens (tertiary/aromatic N) is 3. The standard InChI is InChI=1S/C19H16N4O4/c1-26-10-9-23-18(24)14-8-7-13(11-15(14)20-19(23)25)17-21-16(22-27-17)12-5-3-2-4-6-12/h2-8,11H,9-10H2,1H3,(H,20,25). The molecule has 8 heteroatoms. The molecule has 0 unspecified atom stereocenters. The lowest BCUT2D eigenvalue weighted by Crippen LogP contribution is -2.36. The Hall–Kier alpha value is -3.52. The summed E-state index contributed by atoms with van der Waals surface area (Å²) < 4.78 is 11.4. The molecule has 4 rings (SSSR count). The minimum atomic E-state index is -0.489. The van der Waals surface area contributed by atoms with Gasteiger partial charge >= 0.3 is 5.69 Å². The van der Waals surface area contributed by atoms with Crippen molar-refractivity contribution in [1.82, 2.24) is 19.7 Å². The van der Waals surface area contributed by atoms with E-state index in [0.717, 1.165) is 10.1 Å². The molecular weight excluding hydrogens is 348 g/mol. The average molecular weight is 364 g/mol. The van der Waals surface area contributed by atoms with Crippen LogP contribution in [0, 0.1) is 0 Å². The highest BCUT2D eigenvalue weighted by atomic mass is 16.5. The predicted molar refractivity (Wildman–Crippen MR) is 99.4 cm³/mol. The maximum atomic E-state index is 12.5. The zero-order chi connectivity index (χ0) is 18.8. The van der Waals surface area contributed by atoms with Crippen molar-refractivity contribution >= 4 is 10.9 Å². The Morgan fingerprint density at radius 1 is 1.11 bits per heavy atom. The number of rotatable bonds is 5. The summed E-state index contributed by atoms with van der Waals surface area (Å²) in [5, 5.41) is 4.39. The van der Waals surface area contributed by atoms with Crippen LogP contribution in [-0.4, -0.2) is 33.4 Å². The second-order valence-corrected chi connectivity index (χ2v) is 5.93. The molecule has 0 bridgehead atoms. The highest BCUT2D eigenvalue weighted by Gasteiger charge is 2.13. The lowest BCUT2D eigenvalue weighted by atomic mass is 10.1. The fourth-order valence-corrected chi connectivity index (χ4v) is 2.82. The summed E-state index contributed by atoms with van der Waals surface area (Å²) >= 11 is 0. The molecule has 1 N–H and O–H groups in total. The minimum Gasteiger partial charge on any atom is -0.383 e. The van der Waals surface area contributed by atoms with Crippen LogP contribution in [0.15, 0.2) is 62.6 Å². The van der Waals surface area contributed by atoms with Crippen molar-refractivity contribution in [2.45, 2.75) is 6.54 Å². The van der Waals surface area contributed by atoms with Gasteiger partial charge in [0.2, 0.25) is 5.82 Å². The van der Waals surface area contributed by atoms with Crippen LogP contribution in [-0.2, 0) is 11.3 Å². The second-order valence-electron chi connectivity index (χ2n) is 5.93. The Bertz CT molecular complexity index is 1210. The summed E-state index contributed by atoms with van der Waals surface area (Å²) in [6.07, 6.45) is 0.